The quantitative estimate of drug-likeness (QED) is 0.852. The highest BCUT2D eigenvalue weighted by molar-refractivity contribution is 5.85. The topological polar surface area (TPSA) is 43.0 Å². The molecule has 0 amide bonds. The summed E-state index contributed by atoms with van der Waals surface area (Å²) in [6.07, 6.45) is 0. The first kappa shape index (κ1) is 19.2. The van der Waals surface area contributed by atoms with Crippen LogP contribution >= 0.6 is 12.4 Å². The number of nitrogens with zero attached hydrogens (tertiary/aromatic N) is 1. The van der Waals surface area contributed by atoms with Crippen molar-refractivity contribution in [1.29, 1.82) is 0 Å². The monoisotopic (exact) mass is 364 g/mol. The van der Waals surface area contributed by atoms with Gasteiger partial charge < -0.3 is 24.4 Å². The lowest BCUT2D eigenvalue weighted by Gasteiger charge is -2.21. The van der Waals surface area contributed by atoms with Gasteiger partial charge in [0.2, 0.25) is 5.75 Å². The fourth-order valence-electron chi connectivity index (χ4n) is 2.69. The van der Waals surface area contributed by atoms with Gasteiger partial charge in [-0.25, -0.2) is 0 Å². The van der Waals surface area contributed by atoms with Crippen molar-refractivity contribution in [3.05, 3.63) is 47.5 Å². The number of anilines is 1. The molecule has 0 bridgehead atoms. The Morgan fingerprint density at radius 3 is 2.36 bits per heavy atom. The fourth-order valence-corrected chi connectivity index (χ4v) is 2.69. The molecule has 0 radical (unpaired) electrons. The Balaban J connectivity index is 0.00000225. The number of fused-ring (bicyclic) bond motifs is 1. The van der Waals surface area contributed by atoms with Crippen molar-refractivity contribution in [3.8, 4) is 17.2 Å². The Morgan fingerprint density at radius 2 is 1.68 bits per heavy atom. The molecule has 0 spiro atoms. The van der Waals surface area contributed by atoms with Crippen LogP contribution in [0.15, 0.2) is 36.4 Å². The second-order valence-electron chi connectivity index (χ2n) is 5.99. The number of benzene rings is 2. The number of nitrogens with one attached hydrogen (secondary N) is 1. The Morgan fingerprint density at radius 1 is 1.00 bits per heavy atom. The second-order valence-corrected chi connectivity index (χ2v) is 5.99. The van der Waals surface area contributed by atoms with E-state index in [1.165, 1.54) is 11.3 Å². The summed E-state index contributed by atoms with van der Waals surface area (Å²) in [5, 5.41) is 3.46. The number of hydrogen-bond donors (Lipinski definition) is 1. The van der Waals surface area contributed by atoms with Crippen molar-refractivity contribution in [2.75, 3.05) is 39.3 Å². The smallest absolute Gasteiger partial charge is 0.203 e. The van der Waals surface area contributed by atoms with Crippen molar-refractivity contribution in [2.24, 2.45) is 0 Å². The zero-order valence-electron chi connectivity index (χ0n) is 14.9. The fraction of sp³-hybridized carbons (Fsp3) is 0.368. The molecule has 2 aromatic carbocycles. The van der Waals surface area contributed by atoms with E-state index in [-0.39, 0.29) is 12.4 Å². The van der Waals surface area contributed by atoms with Crippen molar-refractivity contribution in [2.45, 2.75) is 13.1 Å². The number of hydrogen-bond acceptors (Lipinski definition) is 5. The van der Waals surface area contributed by atoms with Gasteiger partial charge in [-0.1, -0.05) is 12.1 Å². The summed E-state index contributed by atoms with van der Waals surface area (Å²) in [5.41, 5.74) is 3.57. The van der Waals surface area contributed by atoms with Crippen LogP contribution in [0.5, 0.6) is 17.2 Å². The maximum atomic E-state index is 5.67. The molecule has 136 valence electrons. The molecular weight excluding hydrogens is 340 g/mol. The molecule has 6 heteroatoms. The summed E-state index contributed by atoms with van der Waals surface area (Å²) in [7, 11) is 5.74. The highest BCUT2D eigenvalue weighted by Gasteiger charge is 2.18. The van der Waals surface area contributed by atoms with Crippen molar-refractivity contribution in [1.82, 2.24) is 5.32 Å². The van der Waals surface area contributed by atoms with Crippen LogP contribution in [0, 0.1) is 0 Å². The van der Waals surface area contributed by atoms with E-state index in [0.29, 0.717) is 19.0 Å². The first-order valence-electron chi connectivity index (χ1n) is 8.11. The van der Waals surface area contributed by atoms with Gasteiger partial charge in [0.15, 0.2) is 11.5 Å². The normalized spacial score (nSPS) is 12.3. The Bertz CT molecular complexity index is 673. The molecule has 25 heavy (non-hydrogen) atoms. The lowest BCUT2D eigenvalue weighted by Crippen LogP contribution is -2.17. The van der Waals surface area contributed by atoms with Crippen molar-refractivity contribution >= 4 is 18.1 Å². The van der Waals surface area contributed by atoms with Gasteiger partial charge in [0.05, 0.1) is 7.11 Å². The summed E-state index contributed by atoms with van der Waals surface area (Å²) in [6.45, 7) is 2.68. The van der Waals surface area contributed by atoms with E-state index in [1.807, 2.05) is 26.2 Å². The lowest BCUT2D eigenvalue weighted by molar-refractivity contribution is 0.165. The average molecular weight is 365 g/mol. The largest absolute Gasteiger partial charge is 0.493 e. The van der Waals surface area contributed by atoms with Crippen LogP contribution in [0.4, 0.5) is 5.69 Å². The third-order valence-corrected chi connectivity index (χ3v) is 4.00. The van der Waals surface area contributed by atoms with Crippen LogP contribution in [-0.2, 0) is 13.1 Å². The average Bonchev–Trinajstić information content (AvgIpc) is 2.61. The van der Waals surface area contributed by atoms with Crippen molar-refractivity contribution < 1.29 is 14.2 Å². The van der Waals surface area contributed by atoms with Crippen LogP contribution in [0.2, 0.25) is 0 Å². The maximum absolute atomic E-state index is 5.67. The van der Waals surface area contributed by atoms with Crippen LogP contribution in [0.1, 0.15) is 11.1 Å². The zero-order valence-corrected chi connectivity index (χ0v) is 15.7. The molecule has 5 nitrogen and oxygen atoms in total. The third kappa shape index (κ3) is 4.71. The summed E-state index contributed by atoms with van der Waals surface area (Å²) in [5.74, 6) is 2.18. The first-order valence-corrected chi connectivity index (χ1v) is 8.11. The highest BCUT2D eigenvalue weighted by Crippen LogP contribution is 2.40. The van der Waals surface area contributed by atoms with Crippen LogP contribution in [-0.4, -0.2) is 34.4 Å². The maximum Gasteiger partial charge on any atom is 0.203 e. The second kappa shape index (κ2) is 8.83. The Kier molecular flexibility index (Phi) is 6.79. The number of ether oxygens (including phenoxy) is 3. The predicted molar refractivity (Wildman–Crippen MR) is 103 cm³/mol. The number of rotatable bonds is 6. The minimum atomic E-state index is 0. The minimum Gasteiger partial charge on any atom is -0.493 e. The molecule has 2 aromatic rings. The summed E-state index contributed by atoms with van der Waals surface area (Å²) >= 11 is 0. The molecule has 1 aliphatic rings. The standard InChI is InChI=1S/C19H24N2O3.ClH/c1-21(2)16-6-4-14(5-7-16)12-20-13-15-10-17(22-3)19-18(11-15)23-8-9-24-19;/h4-7,10-11,20H,8-9,12-13H2,1-3H3;1H. The van der Waals surface area contributed by atoms with E-state index in [2.05, 4.69) is 34.5 Å². The third-order valence-electron chi connectivity index (χ3n) is 4.00. The van der Waals surface area contributed by atoms with Crippen molar-refractivity contribution in [3.63, 3.8) is 0 Å². The summed E-state index contributed by atoms with van der Waals surface area (Å²) in [4.78, 5) is 2.10. The SMILES string of the molecule is COc1cc(CNCc2ccc(N(C)C)cc2)cc2c1OCCO2.Cl. The molecule has 0 aliphatic carbocycles. The first-order chi connectivity index (χ1) is 11.7. The van der Waals surface area contributed by atoms with E-state index in [0.717, 1.165) is 30.2 Å². The molecule has 0 aromatic heterocycles. The number of halogens is 1. The molecule has 0 fully saturated rings. The molecule has 0 saturated carbocycles. The van der Waals surface area contributed by atoms with Gasteiger partial charge in [0.1, 0.15) is 13.2 Å². The van der Waals surface area contributed by atoms with Gasteiger partial charge in [-0.3, -0.25) is 0 Å². The molecule has 1 N–H and O–H groups in total. The highest BCUT2D eigenvalue weighted by atomic mass is 35.5. The predicted octanol–water partition coefficient (Wildman–Crippen LogP) is 3.24. The van der Waals surface area contributed by atoms with Gasteiger partial charge >= 0.3 is 0 Å². The van der Waals surface area contributed by atoms with Gasteiger partial charge in [0.25, 0.3) is 0 Å². The molecule has 1 heterocycles. The van der Waals surface area contributed by atoms with E-state index < -0.39 is 0 Å². The molecule has 3 rings (SSSR count). The van der Waals surface area contributed by atoms with Crippen LogP contribution in [0.3, 0.4) is 0 Å². The van der Waals surface area contributed by atoms with E-state index in [4.69, 9.17) is 14.2 Å². The minimum absolute atomic E-state index is 0. The molecule has 0 saturated heterocycles. The summed E-state index contributed by atoms with van der Waals surface area (Å²) in [6, 6.07) is 12.6. The summed E-state index contributed by atoms with van der Waals surface area (Å²) < 4.78 is 16.7. The van der Waals surface area contributed by atoms with Crippen LogP contribution in [0.25, 0.3) is 0 Å². The van der Waals surface area contributed by atoms with E-state index in [9.17, 15) is 0 Å². The van der Waals surface area contributed by atoms with Gasteiger partial charge in [-0.2, -0.15) is 0 Å². The van der Waals surface area contributed by atoms with Crippen LogP contribution < -0.4 is 24.4 Å². The van der Waals surface area contributed by atoms with Gasteiger partial charge in [0, 0.05) is 32.9 Å². The zero-order chi connectivity index (χ0) is 16.9. The van der Waals surface area contributed by atoms with E-state index >= 15 is 0 Å². The Labute approximate surface area is 155 Å². The molecule has 0 unspecified atom stereocenters. The number of methoxy groups -OCH3 is 1. The molecule has 0 atom stereocenters. The van der Waals surface area contributed by atoms with Gasteiger partial charge in [-0.05, 0) is 35.4 Å². The Hall–Kier alpha value is -2.11. The van der Waals surface area contributed by atoms with Gasteiger partial charge in [-0.15, -0.1) is 12.4 Å². The van der Waals surface area contributed by atoms with E-state index in [1.54, 1.807) is 7.11 Å². The lowest BCUT2D eigenvalue weighted by atomic mass is 10.1. The molecular formula is C19H25ClN2O3. The molecule has 1 aliphatic heterocycles.